The van der Waals surface area contributed by atoms with E-state index in [-0.39, 0.29) is 5.82 Å². The number of rotatable bonds is 6. The van der Waals surface area contributed by atoms with E-state index in [0.29, 0.717) is 37.5 Å². The van der Waals surface area contributed by atoms with Gasteiger partial charge in [-0.25, -0.2) is 9.40 Å². The summed E-state index contributed by atoms with van der Waals surface area (Å²) in [7, 11) is 0. The predicted molar refractivity (Wildman–Crippen MR) is 88.9 cm³/mol. The number of nitrogens with one attached hydrogen (secondary N) is 1. The lowest BCUT2D eigenvalue weighted by Crippen LogP contribution is -2.35. The van der Waals surface area contributed by atoms with Crippen molar-refractivity contribution in [1.82, 2.24) is 9.88 Å². The van der Waals surface area contributed by atoms with Crippen molar-refractivity contribution in [3.05, 3.63) is 54.1 Å². The van der Waals surface area contributed by atoms with Crippen molar-refractivity contribution >= 4 is 17.8 Å². The van der Waals surface area contributed by atoms with Crippen molar-refractivity contribution in [2.45, 2.75) is 6.54 Å². The molecular formula is C17H19FN4O2. The number of amides is 1. The van der Waals surface area contributed by atoms with Crippen molar-refractivity contribution in [3.63, 3.8) is 0 Å². The van der Waals surface area contributed by atoms with Gasteiger partial charge in [-0.05, 0) is 35.9 Å². The Labute approximate surface area is 139 Å². The number of hydrogen-bond donors (Lipinski definition) is 1. The monoisotopic (exact) mass is 330 g/mol. The maximum Gasteiger partial charge on any atom is 0.232 e. The van der Waals surface area contributed by atoms with Crippen molar-refractivity contribution < 1.29 is 13.9 Å². The highest BCUT2D eigenvalue weighted by Gasteiger charge is 2.14. The van der Waals surface area contributed by atoms with Crippen LogP contribution in [0, 0.1) is 5.82 Å². The fraction of sp³-hybridized carbons (Fsp3) is 0.294. The number of carbonyl (C=O) groups excluding carboxylic acids is 1. The quantitative estimate of drug-likeness (QED) is 0.649. The van der Waals surface area contributed by atoms with Crippen LogP contribution in [-0.4, -0.2) is 42.6 Å². The first-order valence-corrected chi connectivity index (χ1v) is 7.75. The Hall–Kier alpha value is -2.51. The molecule has 0 radical (unpaired) electrons. The van der Waals surface area contributed by atoms with Crippen LogP contribution >= 0.6 is 0 Å². The van der Waals surface area contributed by atoms with Gasteiger partial charge in [-0.15, -0.1) is 0 Å². The zero-order chi connectivity index (χ0) is 16.8. The van der Waals surface area contributed by atoms with Crippen molar-refractivity contribution in [1.29, 1.82) is 0 Å². The van der Waals surface area contributed by atoms with Crippen LogP contribution < -0.4 is 10.4 Å². The number of halogens is 1. The van der Waals surface area contributed by atoms with Crippen molar-refractivity contribution in [2.24, 2.45) is 0 Å². The lowest BCUT2D eigenvalue weighted by Gasteiger charge is -2.27. The molecule has 0 saturated carbocycles. The molecule has 1 aliphatic rings. The molecule has 24 heavy (non-hydrogen) atoms. The molecule has 2 heterocycles. The van der Waals surface area contributed by atoms with E-state index in [1.54, 1.807) is 30.6 Å². The molecule has 1 aromatic heterocycles. The molecule has 3 rings (SSSR count). The van der Waals surface area contributed by atoms with E-state index in [0.717, 1.165) is 18.7 Å². The second kappa shape index (κ2) is 7.85. The van der Waals surface area contributed by atoms with E-state index in [1.165, 1.54) is 17.1 Å². The summed E-state index contributed by atoms with van der Waals surface area (Å²) in [5.74, 6) is -0.379. The summed E-state index contributed by atoms with van der Waals surface area (Å²) in [6, 6.07) is 8.14. The van der Waals surface area contributed by atoms with Crippen LogP contribution in [-0.2, 0) is 16.1 Å². The number of hydrogen-bond acceptors (Lipinski definition) is 5. The molecule has 0 unspecified atom stereocenters. The van der Waals surface area contributed by atoms with Crippen LogP contribution in [0.15, 0.2) is 42.7 Å². The minimum absolute atomic E-state index is 0.379. The van der Waals surface area contributed by atoms with Gasteiger partial charge in [0.15, 0.2) is 0 Å². The molecule has 1 aromatic carbocycles. The zero-order valence-corrected chi connectivity index (χ0v) is 13.2. The fourth-order valence-corrected chi connectivity index (χ4v) is 2.60. The molecule has 126 valence electrons. The van der Waals surface area contributed by atoms with E-state index < -0.39 is 0 Å². The Bertz CT molecular complexity index is 678. The highest BCUT2D eigenvalue weighted by atomic mass is 19.1. The number of anilines is 2. The number of pyridine rings is 1. The average Bonchev–Trinajstić information content (AvgIpc) is 2.61. The van der Waals surface area contributed by atoms with Crippen LogP contribution in [0.1, 0.15) is 5.56 Å². The summed E-state index contributed by atoms with van der Waals surface area (Å²) in [4.78, 5) is 17.6. The highest BCUT2D eigenvalue weighted by molar-refractivity contribution is 5.78. The largest absolute Gasteiger partial charge is 0.379 e. The predicted octanol–water partition coefficient (Wildman–Crippen LogP) is 2.04. The number of morpholine rings is 1. The van der Waals surface area contributed by atoms with Crippen LogP contribution in [0.3, 0.4) is 0 Å². The van der Waals surface area contributed by atoms with Crippen LogP contribution in [0.5, 0.6) is 0 Å². The van der Waals surface area contributed by atoms with E-state index >= 15 is 0 Å². The molecule has 6 nitrogen and oxygen atoms in total. The SMILES string of the molecule is O=CN(Nc1cccnc1)c1cc(F)cc(CN2CCOCC2)c1. The Morgan fingerprint density at radius 3 is 2.88 bits per heavy atom. The van der Waals surface area contributed by atoms with Gasteiger partial charge in [0, 0.05) is 25.8 Å². The molecule has 0 aliphatic carbocycles. The number of ether oxygens (including phenoxy) is 1. The molecular weight excluding hydrogens is 311 g/mol. The van der Waals surface area contributed by atoms with Gasteiger partial charge in [0.25, 0.3) is 0 Å². The van der Waals surface area contributed by atoms with Gasteiger partial charge in [0.1, 0.15) is 5.82 Å². The average molecular weight is 330 g/mol. The van der Waals surface area contributed by atoms with Crippen molar-refractivity contribution in [2.75, 3.05) is 36.7 Å². The number of carbonyl (C=O) groups is 1. The number of aromatic nitrogens is 1. The number of benzene rings is 1. The standard InChI is InChI=1S/C17H19FN4O2/c18-15-8-14(12-21-4-6-24-7-5-21)9-17(10-15)22(13-23)20-16-2-1-3-19-11-16/h1-3,8-11,13,20H,4-7,12H2. The van der Waals surface area contributed by atoms with Crippen LogP contribution in [0.2, 0.25) is 0 Å². The second-order valence-corrected chi connectivity index (χ2v) is 5.54. The van der Waals surface area contributed by atoms with E-state index in [4.69, 9.17) is 4.74 Å². The van der Waals surface area contributed by atoms with Gasteiger partial charge in [0.2, 0.25) is 6.41 Å². The fourth-order valence-electron chi connectivity index (χ4n) is 2.60. The first-order valence-electron chi connectivity index (χ1n) is 7.75. The Morgan fingerprint density at radius 1 is 1.33 bits per heavy atom. The lowest BCUT2D eigenvalue weighted by atomic mass is 10.1. The Morgan fingerprint density at radius 2 is 2.17 bits per heavy atom. The number of hydrazine groups is 1. The van der Waals surface area contributed by atoms with Gasteiger partial charge in [-0.3, -0.25) is 20.1 Å². The van der Waals surface area contributed by atoms with Gasteiger partial charge in [-0.1, -0.05) is 0 Å². The molecule has 1 saturated heterocycles. The Balaban J connectivity index is 1.77. The molecule has 1 N–H and O–H groups in total. The normalized spacial score (nSPS) is 15.0. The third kappa shape index (κ3) is 4.27. The summed E-state index contributed by atoms with van der Waals surface area (Å²) in [5, 5.41) is 1.24. The third-order valence-electron chi connectivity index (χ3n) is 3.75. The summed E-state index contributed by atoms with van der Waals surface area (Å²) in [6.07, 6.45) is 3.84. The van der Waals surface area contributed by atoms with Gasteiger partial charge >= 0.3 is 0 Å². The molecule has 2 aromatic rings. The lowest BCUT2D eigenvalue weighted by molar-refractivity contribution is -0.107. The third-order valence-corrected chi connectivity index (χ3v) is 3.75. The first kappa shape index (κ1) is 16.4. The second-order valence-electron chi connectivity index (χ2n) is 5.54. The van der Waals surface area contributed by atoms with E-state index in [1.807, 2.05) is 0 Å². The van der Waals surface area contributed by atoms with Gasteiger partial charge < -0.3 is 4.74 Å². The summed E-state index contributed by atoms with van der Waals surface area (Å²) in [5.41, 5.74) is 4.80. The molecule has 7 heteroatoms. The maximum absolute atomic E-state index is 14.0. The molecule has 1 amide bonds. The van der Waals surface area contributed by atoms with Crippen molar-refractivity contribution in [3.8, 4) is 0 Å². The first-order chi connectivity index (χ1) is 11.7. The maximum atomic E-state index is 14.0. The minimum atomic E-state index is -0.379. The molecule has 1 fully saturated rings. The van der Waals surface area contributed by atoms with E-state index in [2.05, 4.69) is 15.3 Å². The Kier molecular flexibility index (Phi) is 5.35. The minimum Gasteiger partial charge on any atom is -0.379 e. The van der Waals surface area contributed by atoms with Gasteiger partial charge in [0.05, 0.1) is 30.8 Å². The topological polar surface area (TPSA) is 57.7 Å². The summed E-state index contributed by atoms with van der Waals surface area (Å²) in [6.45, 7) is 3.62. The summed E-state index contributed by atoms with van der Waals surface area (Å²) < 4.78 is 19.3. The molecule has 1 aliphatic heterocycles. The zero-order valence-electron chi connectivity index (χ0n) is 13.2. The number of nitrogens with zero attached hydrogens (tertiary/aromatic N) is 3. The smallest absolute Gasteiger partial charge is 0.232 e. The summed E-state index contributed by atoms with van der Waals surface area (Å²) >= 11 is 0. The van der Waals surface area contributed by atoms with Crippen LogP contribution in [0.25, 0.3) is 0 Å². The molecule has 0 spiro atoms. The molecule has 0 atom stereocenters. The van der Waals surface area contributed by atoms with Crippen LogP contribution in [0.4, 0.5) is 15.8 Å². The van der Waals surface area contributed by atoms with E-state index in [9.17, 15) is 9.18 Å². The highest BCUT2D eigenvalue weighted by Crippen LogP contribution is 2.20. The molecule has 0 bridgehead atoms. The van der Waals surface area contributed by atoms with Gasteiger partial charge in [-0.2, -0.15) is 0 Å².